The topological polar surface area (TPSA) is 101 Å². The van der Waals surface area contributed by atoms with Gasteiger partial charge in [-0.2, -0.15) is 0 Å². The van der Waals surface area contributed by atoms with Crippen molar-refractivity contribution in [3.05, 3.63) is 23.9 Å². The van der Waals surface area contributed by atoms with E-state index < -0.39 is 12.1 Å². The number of aromatic nitrogens is 1. The smallest absolute Gasteiger partial charge is 0.407 e. The van der Waals surface area contributed by atoms with Gasteiger partial charge in [0, 0.05) is 18.8 Å². The molecule has 154 valence electrons. The number of piperidine rings is 1. The number of amides is 3. The summed E-state index contributed by atoms with van der Waals surface area (Å²) in [5, 5.41) is 5.48. The average Bonchev–Trinajstić information content (AvgIpc) is 2.65. The Hall–Kier alpha value is -2.64. The summed E-state index contributed by atoms with van der Waals surface area (Å²) in [5.41, 5.74) is 0.822. The minimum absolute atomic E-state index is 0.0948. The first kappa shape index (κ1) is 21.7. The van der Waals surface area contributed by atoms with Crippen LogP contribution in [-0.2, 0) is 14.3 Å². The zero-order valence-electron chi connectivity index (χ0n) is 17.0. The second-order valence-electron chi connectivity index (χ2n) is 7.36. The number of anilines is 1. The van der Waals surface area contributed by atoms with Gasteiger partial charge in [0.15, 0.2) is 0 Å². The molecule has 0 saturated carbocycles. The van der Waals surface area contributed by atoms with Crippen molar-refractivity contribution in [3.63, 3.8) is 0 Å². The second kappa shape index (κ2) is 10.1. The molecule has 0 bridgehead atoms. The average molecular weight is 390 g/mol. The molecule has 0 aliphatic carbocycles. The Kier molecular flexibility index (Phi) is 7.78. The van der Waals surface area contributed by atoms with Gasteiger partial charge in [-0.25, -0.2) is 9.78 Å². The summed E-state index contributed by atoms with van der Waals surface area (Å²) in [4.78, 5) is 43.3. The molecule has 2 atom stereocenters. The van der Waals surface area contributed by atoms with Gasteiger partial charge < -0.3 is 20.3 Å². The van der Waals surface area contributed by atoms with Crippen LogP contribution in [0.2, 0.25) is 0 Å². The molecule has 1 saturated heterocycles. The van der Waals surface area contributed by atoms with E-state index in [4.69, 9.17) is 4.74 Å². The number of rotatable bonds is 6. The van der Waals surface area contributed by atoms with Crippen molar-refractivity contribution in [2.75, 3.05) is 25.0 Å². The second-order valence-corrected chi connectivity index (χ2v) is 7.36. The third-order valence-corrected chi connectivity index (χ3v) is 4.72. The monoisotopic (exact) mass is 390 g/mol. The fraction of sp³-hybridized carbons (Fsp3) is 0.600. The number of hydrogen-bond donors (Lipinski definition) is 2. The summed E-state index contributed by atoms with van der Waals surface area (Å²) in [6, 6.07) is 4.76. The predicted molar refractivity (Wildman–Crippen MR) is 106 cm³/mol. The van der Waals surface area contributed by atoms with Gasteiger partial charge in [0.2, 0.25) is 11.8 Å². The highest BCUT2D eigenvalue weighted by Gasteiger charge is 2.34. The highest BCUT2D eigenvalue weighted by molar-refractivity contribution is 5.93. The number of hydrogen-bond acceptors (Lipinski definition) is 5. The minimum Gasteiger partial charge on any atom is -0.450 e. The van der Waals surface area contributed by atoms with Crippen molar-refractivity contribution >= 4 is 23.7 Å². The van der Waals surface area contributed by atoms with Gasteiger partial charge in [-0.3, -0.25) is 9.59 Å². The number of ether oxygens (including phenoxy) is 1. The maximum atomic E-state index is 13.0. The maximum Gasteiger partial charge on any atom is 0.407 e. The van der Waals surface area contributed by atoms with Crippen LogP contribution in [0, 0.1) is 18.8 Å². The third kappa shape index (κ3) is 5.94. The molecular weight excluding hydrogens is 360 g/mol. The van der Waals surface area contributed by atoms with E-state index >= 15 is 0 Å². The molecule has 1 aromatic heterocycles. The largest absolute Gasteiger partial charge is 0.450 e. The molecule has 1 aliphatic heterocycles. The Balaban J connectivity index is 2.00. The molecule has 2 heterocycles. The first-order chi connectivity index (χ1) is 13.3. The quantitative estimate of drug-likeness (QED) is 0.776. The molecule has 1 aromatic rings. The Morgan fingerprint density at radius 1 is 1.32 bits per heavy atom. The van der Waals surface area contributed by atoms with Gasteiger partial charge in [-0.05, 0) is 44.7 Å². The van der Waals surface area contributed by atoms with Crippen LogP contribution in [0.3, 0.4) is 0 Å². The normalized spacial score (nSPS) is 17.8. The summed E-state index contributed by atoms with van der Waals surface area (Å²) in [5.74, 6) is -0.222. The Labute approximate surface area is 166 Å². The summed E-state index contributed by atoms with van der Waals surface area (Å²) >= 11 is 0. The fourth-order valence-electron chi connectivity index (χ4n) is 3.24. The van der Waals surface area contributed by atoms with E-state index in [-0.39, 0.29) is 30.3 Å². The summed E-state index contributed by atoms with van der Waals surface area (Å²) in [6.45, 7) is 8.44. The van der Waals surface area contributed by atoms with Crippen LogP contribution in [0.5, 0.6) is 0 Å². The van der Waals surface area contributed by atoms with E-state index in [0.717, 1.165) is 12.1 Å². The third-order valence-electron chi connectivity index (χ3n) is 4.72. The van der Waals surface area contributed by atoms with Crippen molar-refractivity contribution in [2.45, 2.75) is 46.6 Å². The molecular formula is C20H30N4O4. The zero-order valence-corrected chi connectivity index (χ0v) is 17.0. The van der Waals surface area contributed by atoms with Crippen LogP contribution < -0.4 is 10.6 Å². The van der Waals surface area contributed by atoms with Gasteiger partial charge in [-0.15, -0.1) is 0 Å². The molecule has 0 aromatic carbocycles. The minimum atomic E-state index is -0.681. The maximum absolute atomic E-state index is 13.0. The number of carbonyl (C=O) groups is 3. The standard InChI is InChI=1S/C20H30N4O4/c1-5-28-20(27)23-17(13(2)3)19(26)24-11-7-9-15(12-24)18(25)22-16-10-6-8-14(4)21-16/h6,8,10,13,15,17H,5,7,9,11-12H2,1-4H3,(H,23,27)(H,21,22,25). The summed E-state index contributed by atoms with van der Waals surface area (Å²) in [7, 11) is 0. The number of likely N-dealkylation sites (tertiary alicyclic amines) is 1. The van der Waals surface area contributed by atoms with Crippen LogP contribution in [0.4, 0.5) is 10.6 Å². The molecule has 28 heavy (non-hydrogen) atoms. The number of pyridine rings is 1. The number of alkyl carbamates (subject to hydrolysis) is 1. The number of nitrogens with zero attached hydrogens (tertiary/aromatic N) is 2. The van der Waals surface area contributed by atoms with Crippen molar-refractivity contribution in [1.82, 2.24) is 15.2 Å². The molecule has 3 amide bonds. The number of aryl methyl sites for hydroxylation is 1. The fourth-order valence-corrected chi connectivity index (χ4v) is 3.24. The molecule has 1 aliphatic rings. The van der Waals surface area contributed by atoms with Crippen molar-refractivity contribution in [1.29, 1.82) is 0 Å². The van der Waals surface area contributed by atoms with E-state index in [9.17, 15) is 14.4 Å². The van der Waals surface area contributed by atoms with Crippen LogP contribution in [-0.4, -0.2) is 53.5 Å². The van der Waals surface area contributed by atoms with Gasteiger partial charge in [0.25, 0.3) is 0 Å². The van der Waals surface area contributed by atoms with Gasteiger partial charge in [-0.1, -0.05) is 19.9 Å². The predicted octanol–water partition coefficient (Wildman–Crippen LogP) is 2.34. The van der Waals surface area contributed by atoms with Crippen LogP contribution in [0.25, 0.3) is 0 Å². The Morgan fingerprint density at radius 3 is 2.71 bits per heavy atom. The Bertz CT molecular complexity index is 707. The lowest BCUT2D eigenvalue weighted by atomic mass is 9.95. The van der Waals surface area contributed by atoms with Gasteiger partial charge in [0.1, 0.15) is 11.9 Å². The van der Waals surface area contributed by atoms with E-state index in [1.54, 1.807) is 17.9 Å². The van der Waals surface area contributed by atoms with Crippen LogP contribution in [0.1, 0.15) is 39.3 Å². The summed E-state index contributed by atoms with van der Waals surface area (Å²) < 4.78 is 4.90. The molecule has 0 spiro atoms. The lowest BCUT2D eigenvalue weighted by Crippen LogP contribution is -2.54. The van der Waals surface area contributed by atoms with Gasteiger partial charge in [0.05, 0.1) is 12.5 Å². The molecule has 1 fully saturated rings. The molecule has 0 radical (unpaired) electrons. The molecule has 2 N–H and O–H groups in total. The lowest BCUT2D eigenvalue weighted by Gasteiger charge is -2.35. The highest BCUT2D eigenvalue weighted by atomic mass is 16.5. The van der Waals surface area contributed by atoms with Gasteiger partial charge >= 0.3 is 6.09 Å². The lowest BCUT2D eigenvalue weighted by molar-refractivity contribution is -0.137. The van der Waals surface area contributed by atoms with E-state index in [0.29, 0.717) is 25.3 Å². The zero-order chi connectivity index (χ0) is 20.7. The van der Waals surface area contributed by atoms with Crippen molar-refractivity contribution in [3.8, 4) is 0 Å². The van der Waals surface area contributed by atoms with E-state index in [2.05, 4.69) is 15.6 Å². The van der Waals surface area contributed by atoms with Crippen LogP contribution in [0.15, 0.2) is 18.2 Å². The number of nitrogens with one attached hydrogen (secondary N) is 2. The van der Waals surface area contributed by atoms with Crippen molar-refractivity contribution in [2.24, 2.45) is 11.8 Å². The van der Waals surface area contributed by atoms with Crippen molar-refractivity contribution < 1.29 is 19.1 Å². The van der Waals surface area contributed by atoms with Crippen LogP contribution >= 0.6 is 0 Å². The molecule has 2 rings (SSSR count). The Morgan fingerprint density at radius 2 is 2.07 bits per heavy atom. The first-order valence-electron chi connectivity index (χ1n) is 9.78. The molecule has 8 heteroatoms. The summed E-state index contributed by atoms with van der Waals surface area (Å²) in [6.07, 6.45) is 0.834. The first-order valence-corrected chi connectivity index (χ1v) is 9.78. The van der Waals surface area contributed by atoms with E-state index in [1.807, 2.05) is 32.9 Å². The number of carbonyl (C=O) groups excluding carboxylic acids is 3. The highest BCUT2D eigenvalue weighted by Crippen LogP contribution is 2.20. The molecule has 8 nitrogen and oxygen atoms in total. The van der Waals surface area contributed by atoms with E-state index in [1.165, 1.54) is 0 Å². The molecule has 2 unspecified atom stereocenters. The SMILES string of the molecule is CCOC(=O)NC(C(=O)N1CCCC(C(=O)Nc2cccc(C)n2)C1)C(C)C.